The summed E-state index contributed by atoms with van der Waals surface area (Å²) >= 11 is 3.00. The van der Waals surface area contributed by atoms with E-state index in [1.807, 2.05) is 30.3 Å². The molecule has 0 aliphatic carbocycles. The second-order valence-corrected chi connectivity index (χ2v) is 8.35. The van der Waals surface area contributed by atoms with Crippen molar-refractivity contribution in [1.82, 2.24) is 9.88 Å². The lowest BCUT2D eigenvalue weighted by molar-refractivity contribution is -0.139. The lowest BCUT2D eigenvalue weighted by Gasteiger charge is -2.47. The van der Waals surface area contributed by atoms with Gasteiger partial charge >= 0.3 is 5.97 Å². The van der Waals surface area contributed by atoms with Crippen molar-refractivity contribution in [2.24, 2.45) is 0 Å². The zero-order chi connectivity index (χ0) is 17.4. The molecule has 1 unspecified atom stereocenters. The molecule has 0 bridgehead atoms. The number of rotatable bonds is 5. The van der Waals surface area contributed by atoms with Crippen molar-refractivity contribution in [3.8, 4) is 0 Å². The minimum atomic E-state index is -1.01. The van der Waals surface area contributed by atoms with Crippen LogP contribution in [0.3, 0.4) is 0 Å². The number of oxazole rings is 1. The van der Waals surface area contributed by atoms with E-state index in [9.17, 15) is 14.7 Å². The minimum Gasteiger partial charge on any atom is -0.478 e. The van der Waals surface area contributed by atoms with Gasteiger partial charge in [0.25, 0.3) is 0 Å². The molecule has 25 heavy (non-hydrogen) atoms. The van der Waals surface area contributed by atoms with Gasteiger partial charge in [0.2, 0.25) is 5.91 Å². The predicted molar refractivity (Wildman–Crippen MR) is 93.8 cm³/mol. The second kappa shape index (κ2) is 6.61. The normalized spacial score (nSPS) is 22.6. The SMILES string of the molecule is O=C(O)C1=C(Cc2ncco2)N2C(=O)C[C@H]2SC1Sc1ccccc1. The topological polar surface area (TPSA) is 83.6 Å². The maximum absolute atomic E-state index is 12.1. The first kappa shape index (κ1) is 16.3. The number of hydrogen-bond donors (Lipinski definition) is 1. The van der Waals surface area contributed by atoms with Crippen molar-refractivity contribution in [2.75, 3.05) is 0 Å². The molecule has 0 radical (unpaired) electrons. The van der Waals surface area contributed by atoms with Crippen molar-refractivity contribution >= 4 is 35.4 Å². The van der Waals surface area contributed by atoms with Gasteiger partial charge in [0.15, 0.2) is 5.89 Å². The minimum absolute atomic E-state index is 0.0261. The Labute approximate surface area is 152 Å². The summed E-state index contributed by atoms with van der Waals surface area (Å²) in [6.07, 6.45) is 3.58. The van der Waals surface area contributed by atoms with Crippen LogP contribution in [0.15, 0.2) is 63.4 Å². The number of carboxylic acids is 1. The molecule has 1 fully saturated rings. The van der Waals surface area contributed by atoms with Crippen LogP contribution in [0.1, 0.15) is 12.3 Å². The van der Waals surface area contributed by atoms with E-state index in [4.69, 9.17) is 4.42 Å². The number of nitrogens with zero attached hydrogens (tertiary/aromatic N) is 2. The van der Waals surface area contributed by atoms with Gasteiger partial charge in [0.05, 0.1) is 34.6 Å². The second-order valence-electron chi connectivity index (χ2n) is 5.59. The molecule has 0 saturated carbocycles. The highest BCUT2D eigenvalue weighted by atomic mass is 32.2. The predicted octanol–water partition coefficient (Wildman–Crippen LogP) is 2.98. The Morgan fingerprint density at radius 2 is 2.20 bits per heavy atom. The van der Waals surface area contributed by atoms with Crippen LogP contribution in [0.4, 0.5) is 0 Å². The molecule has 2 aliphatic heterocycles. The molecule has 8 heteroatoms. The fourth-order valence-corrected chi connectivity index (χ4v) is 6.01. The van der Waals surface area contributed by atoms with Gasteiger partial charge < -0.3 is 14.4 Å². The number of aliphatic carboxylic acids is 1. The molecule has 6 nitrogen and oxygen atoms in total. The fraction of sp³-hybridized carbons (Fsp3) is 0.235. The van der Waals surface area contributed by atoms with Gasteiger partial charge in [-0.2, -0.15) is 0 Å². The molecule has 2 aromatic rings. The average Bonchev–Trinajstić information content (AvgIpc) is 3.07. The van der Waals surface area contributed by atoms with Crippen LogP contribution in [0, 0.1) is 0 Å². The Bertz CT molecular complexity index is 836. The van der Waals surface area contributed by atoms with Gasteiger partial charge in [-0.25, -0.2) is 9.78 Å². The van der Waals surface area contributed by atoms with Crippen molar-refractivity contribution in [2.45, 2.75) is 27.7 Å². The van der Waals surface area contributed by atoms with E-state index in [0.717, 1.165) is 4.90 Å². The first-order chi connectivity index (χ1) is 12.1. The first-order valence-electron chi connectivity index (χ1n) is 7.67. The Kier molecular flexibility index (Phi) is 4.30. The largest absolute Gasteiger partial charge is 0.478 e. The Balaban J connectivity index is 1.73. The third-order valence-electron chi connectivity index (χ3n) is 4.04. The molecule has 1 amide bonds. The Morgan fingerprint density at radius 1 is 1.40 bits per heavy atom. The van der Waals surface area contributed by atoms with Crippen molar-refractivity contribution in [1.29, 1.82) is 0 Å². The standard InChI is InChI=1S/C17H14N2O4S2/c20-13-9-14-19(13)11(8-12-18-6-7-23-12)15(16(21)22)17(25-14)24-10-4-2-1-3-5-10/h1-7,14,17H,8-9H2,(H,21,22)/t14-,17?/m1/s1. The molecule has 1 saturated heterocycles. The molecule has 2 atom stereocenters. The maximum atomic E-state index is 12.1. The van der Waals surface area contributed by atoms with Gasteiger partial charge in [0, 0.05) is 10.6 Å². The molecule has 1 aromatic carbocycles. The van der Waals surface area contributed by atoms with Crippen molar-refractivity contribution in [3.63, 3.8) is 0 Å². The van der Waals surface area contributed by atoms with Crippen LogP contribution in [0.25, 0.3) is 0 Å². The van der Waals surface area contributed by atoms with E-state index in [2.05, 4.69) is 4.98 Å². The monoisotopic (exact) mass is 374 g/mol. The Morgan fingerprint density at radius 3 is 2.84 bits per heavy atom. The van der Waals surface area contributed by atoms with Crippen LogP contribution in [-0.4, -0.2) is 36.8 Å². The Hall–Kier alpha value is -2.19. The van der Waals surface area contributed by atoms with E-state index in [0.29, 0.717) is 18.0 Å². The zero-order valence-corrected chi connectivity index (χ0v) is 14.6. The molecule has 1 N–H and O–H groups in total. The summed E-state index contributed by atoms with van der Waals surface area (Å²) in [5.74, 6) is -0.663. The van der Waals surface area contributed by atoms with Gasteiger partial charge in [-0.1, -0.05) is 18.2 Å². The number of β-lactam (4-membered cyclic amide) rings is 1. The maximum Gasteiger partial charge on any atom is 0.335 e. The van der Waals surface area contributed by atoms with Crippen molar-refractivity contribution < 1.29 is 19.1 Å². The number of carboxylic acid groups (broad SMARTS) is 1. The van der Waals surface area contributed by atoms with Crippen molar-refractivity contribution in [3.05, 3.63) is 60.0 Å². The highest BCUT2D eigenvalue weighted by Crippen LogP contribution is 2.50. The lowest BCUT2D eigenvalue weighted by Crippen LogP contribution is -2.54. The number of carbonyl (C=O) groups is 2. The molecular weight excluding hydrogens is 360 g/mol. The highest BCUT2D eigenvalue weighted by molar-refractivity contribution is 8.17. The van der Waals surface area contributed by atoms with E-state index in [1.165, 1.54) is 36.0 Å². The van der Waals surface area contributed by atoms with Gasteiger partial charge in [0.1, 0.15) is 6.26 Å². The number of hydrogen-bond acceptors (Lipinski definition) is 6. The third-order valence-corrected chi connectivity index (χ3v) is 6.83. The summed E-state index contributed by atoms with van der Waals surface area (Å²) in [6.45, 7) is 0. The lowest BCUT2D eigenvalue weighted by atomic mass is 10.1. The molecule has 2 aliphatic rings. The summed E-state index contributed by atoms with van der Waals surface area (Å²) in [4.78, 5) is 30.7. The molecule has 3 heterocycles. The fourth-order valence-electron chi connectivity index (χ4n) is 2.89. The summed E-state index contributed by atoms with van der Waals surface area (Å²) in [6, 6.07) is 9.68. The summed E-state index contributed by atoms with van der Waals surface area (Å²) in [7, 11) is 0. The molecular formula is C17H14N2O4S2. The molecule has 4 rings (SSSR count). The number of allylic oxidation sites excluding steroid dienone is 1. The quantitative estimate of drug-likeness (QED) is 0.806. The first-order valence-corrected chi connectivity index (χ1v) is 9.49. The zero-order valence-electron chi connectivity index (χ0n) is 13.0. The third kappa shape index (κ3) is 3.07. The number of aromatic nitrogens is 1. The number of amides is 1. The van der Waals surface area contributed by atoms with Crippen LogP contribution < -0.4 is 0 Å². The molecule has 0 spiro atoms. The van der Waals surface area contributed by atoms with E-state index >= 15 is 0 Å². The van der Waals surface area contributed by atoms with E-state index < -0.39 is 5.97 Å². The van der Waals surface area contributed by atoms with Crippen LogP contribution >= 0.6 is 23.5 Å². The number of thioether (sulfide) groups is 2. The summed E-state index contributed by atoms with van der Waals surface area (Å²) in [5, 5.41) is 9.80. The van der Waals surface area contributed by atoms with E-state index in [1.54, 1.807) is 4.90 Å². The number of fused-ring (bicyclic) bond motifs is 1. The number of benzene rings is 1. The molecule has 128 valence electrons. The molecule has 1 aromatic heterocycles. The summed E-state index contributed by atoms with van der Waals surface area (Å²) < 4.78 is 4.98. The smallest absolute Gasteiger partial charge is 0.335 e. The number of carbonyl (C=O) groups excluding carboxylic acids is 1. The average molecular weight is 374 g/mol. The van der Waals surface area contributed by atoms with Crippen LogP contribution in [0.2, 0.25) is 0 Å². The summed E-state index contributed by atoms with van der Waals surface area (Å²) in [5.41, 5.74) is 0.727. The van der Waals surface area contributed by atoms with Crippen LogP contribution in [-0.2, 0) is 16.0 Å². The highest BCUT2D eigenvalue weighted by Gasteiger charge is 2.48. The van der Waals surface area contributed by atoms with Gasteiger partial charge in [-0.05, 0) is 12.1 Å². The van der Waals surface area contributed by atoms with E-state index in [-0.39, 0.29) is 27.9 Å². The van der Waals surface area contributed by atoms with Crippen LogP contribution in [0.5, 0.6) is 0 Å². The van der Waals surface area contributed by atoms with Gasteiger partial charge in [-0.3, -0.25) is 4.79 Å². The van der Waals surface area contributed by atoms with Gasteiger partial charge in [-0.15, -0.1) is 23.5 Å².